The number of benzene rings is 2. The summed E-state index contributed by atoms with van der Waals surface area (Å²) in [6.45, 7) is 7.66. The molecule has 0 bridgehead atoms. The highest BCUT2D eigenvalue weighted by atomic mass is 35.5. The molecule has 2 aliphatic rings. The van der Waals surface area contributed by atoms with E-state index in [0.29, 0.717) is 24.5 Å². The van der Waals surface area contributed by atoms with Crippen molar-refractivity contribution in [3.63, 3.8) is 0 Å². The van der Waals surface area contributed by atoms with Gasteiger partial charge >= 0.3 is 0 Å². The molecular formula is C24H28Cl2N4O2. The summed E-state index contributed by atoms with van der Waals surface area (Å²) in [7, 11) is 0. The van der Waals surface area contributed by atoms with Crippen LogP contribution in [0.5, 0.6) is 0 Å². The van der Waals surface area contributed by atoms with E-state index < -0.39 is 5.92 Å². The molecule has 0 unspecified atom stereocenters. The van der Waals surface area contributed by atoms with Crippen molar-refractivity contribution in [2.45, 2.75) is 13.3 Å². The van der Waals surface area contributed by atoms with Crippen molar-refractivity contribution >= 4 is 46.4 Å². The smallest absolute Gasteiger partial charge is 0.239 e. The normalized spacial score (nSPS) is 19.5. The number of amides is 2. The van der Waals surface area contributed by atoms with E-state index in [1.165, 1.54) is 11.3 Å². The second kappa shape index (κ2) is 10.1. The number of anilines is 2. The molecule has 2 aliphatic heterocycles. The predicted octanol–water partition coefficient (Wildman–Crippen LogP) is 3.59. The first-order valence-corrected chi connectivity index (χ1v) is 11.8. The Balaban J connectivity index is 1.21. The van der Waals surface area contributed by atoms with E-state index in [0.717, 1.165) is 43.4 Å². The highest BCUT2D eigenvalue weighted by molar-refractivity contribution is 6.31. The van der Waals surface area contributed by atoms with E-state index in [2.05, 4.69) is 28.1 Å². The first kappa shape index (κ1) is 22.9. The molecule has 1 N–H and O–H groups in total. The van der Waals surface area contributed by atoms with Crippen LogP contribution >= 0.6 is 23.2 Å². The second-order valence-corrected chi connectivity index (χ2v) is 9.23. The monoisotopic (exact) mass is 474 g/mol. The van der Waals surface area contributed by atoms with Gasteiger partial charge in [-0.2, -0.15) is 0 Å². The van der Waals surface area contributed by atoms with Crippen LogP contribution in [0.25, 0.3) is 0 Å². The predicted molar refractivity (Wildman–Crippen MR) is 130 cm³/mol. The molecule has 0 spiro atoms. The van der Waals surface area contributed by atoms with Gasteiger partial charge in [-0.15, -0.1) is 0 Å². The van der Waals surface area contributed by atoms with Crippen molar-refractivity contribution in [3.8, 4) is 0 Å². The van der Waals surface area contributed by atoms with Crippen LogP contribution in [-0.4, -0.2) is 62.5 Å². The summed E-state index contributed by atoms with van der Waals surface area (Å²) in [4.78, 5) is 31.7. The summed E-state index contributed by atoms with van der Waals surface area (Å²) in [5.41, 5.74) is 3.20. The van der Waals surface area contributed by atoms with Crippen LogP contribution < -0.4 is 15.1 Å². The van der Waals surface area contributed by atoms with Crippen LogP contribution in [0, 0.1) is 12.8 Å². The lowest BCUT2D eigenvalue weighted by Gasteiger charge is -2.37. The van der Waals surface area contributed by atoms with E-state index >= 15 is 0 Å². The molecule has 2 aromatic rings. The number of aryl methyl sites for hydroxylation is 1. The number of nitrogens with zero attached hydrogens (tertiary/aromatic N) is 3. The van der Waals surface area contributed by atoms with Crippen LogP contribution in [0.3, 0.4) is 0 Å². The zero-order valence-electron chi connectivity index (χ0n) is 18.2. The molecular weight excluding hydrogens is 447 g/mol. The summed E-state index contributed by atoms with van der Waals surface area (Å²) in [5, 5.41) is 4.34. The van der Waals surface area contributed by atoms with Gasteiger partial charge in [0, 0.05) is 67.2 Å². The molecule has 4 rings (SSSR count). The lowest BCUT2D eigenvalue weighted by atomic mass is 10.1. The Kier molecular flexibility index (Phi) is 7.23. The third-order valence-electron chi connectivity index (χ3n) is 6.27. The largest absolute Gasteiger partial charge is 0.369 e. The molecule has 0 aromatic heterocycles. The van der Waals surface area contributed by atoms with Gasteiger partial charge in [-0.05, 0) is 55.3 Å². The molecule has 0 radical (unpaired) electrons. The number of carbonyl (C=O) groups excluding carboxylic acids is 2. The Labute approximate surface area is 199 Å². The molecule has 6 nitrogen and oxygen atoms in total. The molecule has 0 aliphatic carbocycles. The highest BCUT2D eigenvalue weighted by Gasteiger charge is 2.37. The first-order valence-electron chi connectivity index (χ1n) is 11.0. The van der Waals surface area contributed by atoms with Gasteiger partial charge in [0.05, 0.1) is 0 Å². The van der Waals surface area contributed by atoms with Crippen molar-refractivity contribution in [3.05, 3.63) is 58.1 Å². The maximum atomic E-state index is 12.7. The third kappa shape index (κ3) is 5.20. The van der Waals surface area contributed by atoms with Gasteiger partial charge in [0.2, 0.25) is 11.8 Å². The maximum Gasteiger partial charge on any atom is 0.239 e. The van der Waals surface area contributed by atoms with E-state index in [-0.39, 0.29) is 11.8 Å². The quantitative estimate of drug-likeness (QED) is 0.649. The van der Waals surface area contributed by atoms with Crippen molar-refractivity contribution in [1.29, 1.82) is 0 Å². The molecule has 32 heavy (non-hydrogen) atoms. The van der Waals surface area contributed by atoms with Crippen LogP contribution in [0.2, 0.25) is 10.0 Å². The van der Waals surface area contributed by atoms with Crippen LogP contribution in [0.1, 0.15) is 12.0 Å². The maximum absolute atomic E-state index is 12.7. The fourth-order valence-corrected chi connectivity index (χ4v) is 4.69. The average Bonchev–Trinajstić information content (AvgIpc) is 3.18. The number of carbonyl (C=O) groups is 2. The zero-order chi connectivity index (χ0) is 22.7. The fourth-order valence-electron chi connectivity index (χ4n) is 4.40. The molecule has 2 fully saturated rings. The first-order chi connectivity index (χ1) is 15.4. The van der Waals surface area contributed by atoms with Crippen molar-refractivity contribution in [2.24, 2.45) is 5.92 Å². The van der Waals surface area contributed by atoms with Crippen molar-refractivity contribution in [1.82, 2.24) is 10.2 Å². The topological polar surface area (TPSA) is 55.9 Å². The minimum Gasteiger partial charge on any atom is -0.369 e. The average molecular weight is 475 g/mol. The number of piperazine rings is 1. The molecule has 0 saturated carbocycles. The van der Waals surface area contributed by atoms with E-state index in [9.17, 15) is 9.59 Å². The number of nitrogens with one attached hydrogen (secondary N) is 1. The van der Waals surface area contributed by atoms with Gasteiger partial charge in [0.15, 0.2) is 0 Å². The SMILES string of the molecule is Cc1ccc(Cl)cc1N1CCN(CCNC(=O)[C@H]2CCN(c3ccc(Cl)cc3)C2=O)CC1. The van der Waals surface area contributed by atoms with Crippen LogP contribution in [0.15, 0.2) is 42.5 Å². The molecule has 1 atom stereocenters. The Morgan fingerprint density at radius 3 is 2.41 bits per heavy atom. The minimum absolute atomic E-state index is 0.143. The van der Waals surface area contributed by atoms with Crippen LogP contribution in [-0.2, 0) is 9.59 Å². The Hall–Kier alpha value is -2.28. The summed E-state index contributed by atoms with van der Waals surface area (Å²) >= 11 is 12.1. The molecule has 2 saturated heterocycles. The second-order valence-electron chi connectivity index (χ2n) is 8.36. The Bertz CT molecular complexity index is 974. The van der Waals surface area contributed by atoms with Crippen LogP contribution in [0.4, 0.5) is 11.4 Å². The zero-order valence-corrected chi connectivity index (χ0v) is 19.7. The van der Waals surface area contributed by atoms with Gasteiger partial charge in [-0.1, -0.05) is 29.3 Å². The van der Waals surface area contributed by atoms with Crippen molar-refractivity contribution in [2.75, 3.05) is 55.6 Å². The molecule has 2 amide bonds. The number of halogens is 2. The van der Waals surface area contributed by atoms with Gasteiger partial charge in [0.1, 0.15) is 5.92 Å². The number of hydrogen-bond acceptors (Lipinski definition) is 4. The van der Waals surface area contributed by atoms with E-state index in [1.807, 2.05) is 24.3 Å². The standard InChI is InChI=1S/C24H28Cl2N4O2/c1-17-2-3-19(26)16-22(17)29-14-12-28(13-15-29)11-9-27-23(31)21-8-10-30(24(21)32)20-6-4-18(25)5-7-20/h2-7,16,21H,8-15H2,1H3,(H,27,31)/t21-/m1/s1. The minimum atomic E-state index is -0.617. The molecule has 170 valence electrons. The highest BCUT2D eigenvalue weighted by Crippen LogP contribution is 2.27. The Morgan fingerprint density at radius 2 is 1.69 bits per heavy atom. The summed E-state index contributed by atoms with van der Waals surface area (Å²) in [6.07, 6.45) is 0.533. The lowest BCUT2D eigenvalue weighted by Crippen LogP contribution is -2.49. The summed E-state index contributed by atoms with van der Waals surface area (Å²) in [5.74, 6) is -0.941. The number of rotatable bonds is 6. The van der Waals surface area contributed by atoms with Gasteiger partial charge in [-0.3, -0.25) is 14.5 Å². The number of hydrogen-bond donors (Lipinski definition) is 1. The van der Waals surface area contributed by atoms with E-state index in [4.69, 9.17) is 23.2 Å². The Morgan fingerprint density at radius 1 is 1.00 bits per heavy atom. The van der Waals surface area contributed by atoms with E-state index in [1.54, 1.807) is 17.0 Å². The molecule has 2 heterocycles. The van der Waals surface area contributed by atoms with Gasteiger partial charge in [0.25, 0.3) is 0 Å². The summed E-state index contributed by atoms with van der Waals surface area (Å²) in [6, 6.07) is 13.1. The molecule has 2 aromatic carbocycles. The van der Waals surface area contributed by atoms with Crippen molar-refractivity contribution < 1.29 is 9.59 Å². The third-order valence-corrected chi connectivity index (χ3v) is 6.76. The lowest BCUT2D eigenvalue weighted by molar-refractivity contribution is -0.132. The van der Waals surface area contributed by atoms with Gasteiger partial charge < -0.3 is 15.1 Å². The summed E-state index contributed by atoms with van der Waals surface area (Å²) < 4.78 is 0. The van der Waals surface area contributed by atoms with Gasteiger partial charge in [-0.25, -0.2) is 0 Å². The molecule has 8 heteroatoms. The fraction of sp³-hybridized carbons (Fsp3) is 0.417.